The van der Waals surface area contributed by atoms with Crippen molar-refractivity contribution in [3.05, 3.63) is 35.9 Å². The second-order valence-corrected chi connectivity index (χ2v) is 5.19. The van der Waals surface area contributed by atoms with Crippen molar-refractivity contribution in [2.45, 2.75) is 38.1 Å². The summed E-state index contributed by atoms with van der Waals surface area (Å²) in [7, 11) is 2.09. The highest BCUT2D eigenvalue weighted by Crippen LogP contribution is 2.41. The Balaban J connectivity index is 2.24. The maximum atomic E-state index is 3.50. The second kappa shape index (κ2) is 3.97. The summed E-state index contributed by atoms with van der Waals surface area (Å²) in [6.07, 6.45) is 2.78. The molecule has 1 aromatic carbocycles. The summed E-state index contributed by atoms with van der Waals surface area (Å²) < 4.78 is 0. The van der Waals surface area contributed by atoms with Gasteiger partial charge in [0, 0.05) is 11.5 Å². The number of likely N-dealkylation sites (N-methyl/N-ethyl adjacent to an activating group) is 1. The van der Waals surface area contributed by atoms with Crippen LogP contribution in [0.15, 0.2) is 30.3 Å². The van der Waals surface area contributed by atoms with E-state index in [1.165, 1.54) is 18.4 Å². The van der Waals surface area contributed by atoms with Crippen LogP contribution in [0.25, 0.3) is 0 Å². The molecule has 0 saturated heterocycles. The van der Waals surface area contributed by atoms with Gasteiger partial charge in [-0.3, -0.25) is 0 Å². The Hall–Kier alpha value is -0.820. The van der Waals surface area contributed by atoms with Gasteiger partial charge in [-0.05, 0) is 31.4 Å². The molecule has 0 radical (unpaired) electrons. The molecule has 15 heavy (non-hydrogen) atoms. The van der Waals surface area contributed by atoms with E-state index in [1.54, 1.807) is 0 Å². The lowest BCUT2D eigenvalue weighted by Gasteiger charge is -2.35. The molecule has 0 aliphatic heterocycles. The molecule has 1 atom stereocenters. The molecule has 1 aromatic rings. The highest BCUT2D eigenvalue weighted by molar-refractivity contribution is 5.26. The van der Waals surface area contributed by atoms with Gasteiger partial charge >= 0.3 is 0 Å². The lowest BCUT2D eigenvalue weighted by Crippen LogP contribution is -2.44. The van der Waals surface area contributed by atoms with Crippen LogP contribution in [-0.2, 0) is 5.41 Å². The van der Waals surface area contributed by atoms with Crippen LogP contribution >= 0.6 is 0 Å². The fraction of sp³-hybridized carbons (Fsp3) is 0.571. The smallest absolute Gasteiger partial charge is 0.0184 e. The van der Waals surface area contributed by atoms with Crippen LogP contribution in [0.3, 0.4) is 0 Å². The van der Waals surface area contributed by atoms with Crippen LogP contribution in [0.1, 0.15) is 32.3 Å². The summed E-state index contributed by atoms with van der Waals surface area (Å²) in [6, 6.07) is 11.5. The summed E-state index contributed by atoms with van der Waals surface area (Å²) in [5.74, 6) is 0.880. The van der Waals surface area contributed by atoms with E-state index in [-0.39, 0.29) is 5.41 Å². The predicted molar refractivity (Wildman–Crippen MR) is 65.0 cm³/mol. The van der Waals surface area contributed by atoms with Gasteiger partial charge in [0.2, 0.25) is 0 Å². The Morgan fingerprint density at radius 2 is 1.80 bits per heavy atom. The summed E-state index contributed by atoms with van der Waals surface area (Å²) in [5.41, 5.74) is 1.67. The lowest BCUT2D eigenvalue weighted by molar-refractivity contribution is 0.325. The third-order valence-corrected chi connectivity index (χ3v) is 3.70. The minimum Gasteiger partial charge on any atom is -0.316 e. The van der Waals surface area contributed by atoms with Crippen LogP contribution in [-0.4, -0.2) is 13.1 Å². The van der Waals surface area contributed by atoms with Gasteiger partial charge in [0.25, 0.3) is 0 Å². The largest absolute Gasteiger partial charge is 0.316 e. The Bertz CT molecular complexity index is 311. The zero-order valence-electron chi connectivity index (χ0n) is 9.96. The molecule has 82 valence electrons. The average molecular weight is 203 g/mol. The van der Waals surface area contributed by atoms with Crippen molar-refractivity contribution in [1.82, 2.24) is 5.32 Å². The first kappa shape index (κ1) is 10.7. The molecular formula is C14H21N. The number of nitrogens with one attached hydrogen (secondary N) is 1. The first-order chi connectivity index (χ1) is 7.16. The Labute approximate surface area is 92.9 Å². The molecule has 0 amide bonds. The molecule has 1 fully saturated rings. The fourth-order valence-corrected chi connectivity index (χ4v) is 2.66. The van der Waals surface area contributed by atoms with Crippen molar-refractivity contribution >= 4 is 0 Å². The molecule has 0 heterocycles. The normalized spacial score (nSPS) is 18.9. The van der Waals surface area contributed by atoms with E-state index in [0.717, 1.165) is 5.92 Å². The number of hydrogen-bond donors (Lipinski definition) is 1. The van der Waals surface area contributed by atoms with Gasteiger partial charge in [-0.1, -0.05) is 44.2 Å². The van der Waals surface area contributed by atoms with Gasteiger partial charge in [0.1, 0.15) is 0 Å². The average Bonchev–Trinajstić information content (AvgIpc) is 3.04. The van der Waals surface area contributed by atoms with Crippen molar-refractivity contribution in [3.63, 3.8) is 0 Å². The van der Waals surface area contributed by atoms with Crippen molar-refractivity contribution < 1.29 is 0 Å². The Kier molecular flexibility index (Phi) is 2.83. The first-order valence-electron chi connectivity index (χ1n) is 5.89. The predicted octanol–water partition coefficient (Wildman–Crippen LogP) is 2.96. The lowest BCUT2D eigenvalue weighted by atomic mass is 9.76. The van der Waals surface area contributed by atoms with Crippen molar-refractivity contribution in [3.8, 4) is 0 Å². The zero-order chi connectivity index (χ0) is 10.9. The van der Waals surface area contributed by atoms with Gasteiger partial charge in [-0.2, -0.15) is 0 Å². The van der Waals surface area contributed by atoms with Crippen molar-refractivity contribution in [2.24, 2.45) is 5.92 Å². The molecule has 2 rings (SSSR count). The van der Waals surface area contributed by atoms with Gasteiger partial charge in [0.15, 0.2) is 0 Å². The molecule has 1 N–H and O–H groups in total. The minimum atomic E-state index is 0.233. The summed E-state index contributed by atoms with van der Waals surface area (Å²) >= 11 is 0. The molecule has 1 saturated carbocycles. The van der Waals surface area contributed by atoms with Crippen LogP contribution in [0.2, 0.25) is 0 Å². The minimum absolute atomic E-state index is 0.233. The van der Waals surface area contributed by atoms with Crippen molar-refractivity contribution in [1.29, 1.82) is 0 Å². The quantitative estimate of drug-likeness (QED) is 0.793. The van der Waals surface area contributed by atoms with Crippen LogP contribution in [0.5, 0.6) is 0 Å². The van der Waals surface area contributed by atoms with Gasteiger partial charge < -0.3 is 5.32 Å². The van der Waals surface area contributed by atoms with E-state index in [4.69, 9.17) is 0 Å². The van der Waals surface area contributed by atoms with Crippen LogP contribution in [0.4, 0.5) is 0 Å². The number of hydrogen-bond acceptors (Lipinski definition) is 1. The molecule has 1 heteroatoms. The molecule has 1 nitrogen and oxygen atoms in total. The van der Waals surface area contributed by atoms with E-state index in [2.05, 4.69) is 56.5 Å². The molecular weight excluding hydrogens is 182 g/mol. The van der Waals surface area contributed by atoms with E-state index >= 15 is 0 Å². The van der Waals surface area contributed by atoms with E-state index in [0.29, 0.717) is 6.04 Å². The maximum absolute atomic E-state index is 3.50. The molecule has 0 spiro atoms. The summed E-state index contributed by atoms with van der Waals surface area (Å²) in [4.78, 5) is 0. The van der Waals surface area contributed by atoms with Crippen molar-refractivity contribution in [2.75, 3.05) is 7.05 Å². The number of rotatable bonds is 4. The van der Waals surface area contributed by atoms with Crippen LogP contribution < -0.4 is 5.32 Å². The summed E-state index contributed by atoms with van der Waals surface area (Å²) in [6.45, 7) is 4.70. The molecule has 1 aliphatic rings. The molecule has 0 bridgehead atoms. The molecule has 1 unspecified atom stereocenters. The van der Waals surface area contributed by atoms with Crippen LogP contribution in [0, 0.1) is 5.92 Å². The third kappa shape index (κ3) is 2.07. The highest BCUT2D eigenvalue weighted by Gasteiger charge is 2.40. The van der Waals surface area contributed by atoms with E-state index in [1.807, 2.05) is 0 Å². The maximum Gasteiger partial charge on any atom is 0.0184 e. The number of benzene rings is 1. The standard InChI is InChI=1S/C14H21N/c1-14(2,12-7-5-4-6-8-12)13(15-3)11-9-10-11/h4-8,11,13,15H,9-10H2,1-3H3. The SMILES string of the molecule is CNC(C1CC1)C(C)(C)c1ccccc1. The first-order valence-corrected chi connectivity index (χ1v) is 5.89. The molecule has 0 aromatic heterocycles. The Morgan fingerprint density at radius 3 is 2.27 bits per heavy atom. The second-order valence-electron chi connectivity index (χ2n) is 5.19. The third-order valence-electron chi connectivity index (χ3n) is 3.70. The topological polar surface area (TPSA) is 12.0 Å². The summed E-state index contributed by atoms with van der Waals surface area (Å²) in [5, 5.41) is 3.50. The van der Waals surface area contributed by atoms with E-state index in [9.17, 15) is 0 Å². The fourth-order valence-electron chi connectivity index (χ4n) is 2.66. The van der Waals surface area contributed by atoms with E-state index < -0.39 is 0 Å². The van der Waals surface area contributed by atoms with Gasteiger partial charge in [0.05, 0.1) is 0 Å². The van der Waals surface area contributed by atoms with Gasteiger partial charge in [-0.15, -0.1) is 0 Å². The Morgan fingerprint density at radius 1 is 1.20 bits per heavy atom. The van der Waals surface area contributed by atoms with Gasteiger partial charge in [-0.25, -0.2) is 0 Å². The monoisotopic (exact) mass is 203 g/mol. The molecule has 1 aliphatic carbocycles. The highest BCUT2D eigenvalue weighted by atomic mass is 14.9. The zero-order valence-corrected chi connectivity index (χ0v) is 9.96.